The third-order valence-electron chi connectivity index (χ3n) is 2.33. The number of nitrogens with two attached hydrogens (primary N) is 1. The van der Waals surface area contributed by atoms with Crippen molar-refractivity contribution in [2.24, 2.45) is 11.8 Å². The van der Waals surface area contributed by atoms with Crippen LogP contribution in [0.2, 0.25) is 0 Å². The van der Waals surface area contributed by atoms with Crippen molar-refractivity contribution in [1.29, 1.82) is 0 Å². The van der Waals surface area contributed by atoms with E-state index in [9.17, 15) is 4.79 Å². The molecular weight excluding hydrogens is 208 g/mol. The fourth-order valence-corrected chi connectivity index (χ4v) is 2.23. The average Bonchev–Trinajstić information content (AvgIpc) is 2.28. The molecule has 0 heterocycles. The topological polar surface area (TPSA) is 55.1 Å². The van der Waals surface area contributed by atoms with Crippen LogP contribution in [0.3, 0.4) is 0 Å². The van der Waals surface area contributed by atoms with Gasteiger partial charge in [0, 0.05) is 16.1 Å². The van der Waals surface area contributed by atoms with Crippen LogP contribution in [0.4, 0.5) is 0 Å². The lowest BCUT2D eigenvalue weighted by atomic mass is 10.1. The van der Waals surface area contributed by atoms with Gasteiger partial charge in [0.15, 0.2) is 0 Å². The monoisotopic (exact) mass is 224 g/mol. The maximum Gasteiger partial charge on any atom is 0.237 e. The zero-order valence-corrected chi connectivity index (χ0v) is 9.75. The van der Waals surface area contributed by atoms with Crippen molar-refractivity contribution in [2.75, 3.05) is 0 Å². The van der Waals surface area contributed by atoms with Crippen LogP contribution in [-0.4, -0.2) is 11.2 Å². The van der Waals surface area contributed by atoms with Crippen molar-refractivity contribution in [3.05, 3.63) is 30.3 Å². The Balaban J connectivity index is 2.56. The lowest BCUT2D eigenvalue weighted by Gasteiger charge is -2.17. The Labute approximate surface area is 94.4 Å². The first-order valence-electron chi connectivity index (χ1n) is 4.87. The quantitative estimate of drug-likeness (QED) is 0.355. The Hall–Kier alpha value is -1.00. The summed E-state index contributed by atoms with van der Waals surface area (Å²) in [5.74, 6) is 4.88. The number of rotatable bonds is 4. The predicted molar refractivity (Wildman–Crippen MR) is 63.3 cm³/mol. The van der Waals surface area contributed by atoms with Gasteiger partial charge >= 0.3 is 0 Å². The first-order valence-corrected chi connectivity index (χ1v) is 5.75. The molecule has 0 saturated heterocycles. The zero-order chi connectivity index (χ0) is 11.3. The molecule has 1 rings (SSSR count). The van der Waals surface area contributed by atoms with Gasteiger partial charge in [-0.15, -0.1) is 11.8 Å². The number of hydrogen-bond acceptors (Lipinski definition) is 3. The SMILES string of the molecule is CC(Sc1ccccc1)C(C)C(=O)NN. The third kappa shape index (κ3) is 3.57. The van der Waals surface area contributed by atoms with Crippen LogP contribution in [0.25, 0.3) is 0 Å². The molecule has 1 amide bonds. The minimum absolute atomic E-state index is 0.0970. The van der Waals surface area contributed by atoms with Gasteiger partial charge in [-0.2, -0.15) is 0 Å². The normalized spacial score (nSPS) is 14.3. The van der Waals surface area contributed by atoms with Crippen molar-refractivity contribution in [3.63, 3.8) is 0 Å². The standard InChI is InChI=1S/C11H16N2OS/c1-8(11(14)13-12)9(2)15-10-6-4-3-5-7-10/h3-9H,12H2,1-2H3,(H,13,14). The highest BCUT2D eigenvalue weighted by Crippen LogP contribution is 2.27. The molecule has 0 aromatic heterocycles. The van der Waals surface area contributed by atoms with Crippen molar-refractivity contribution in [2.45, 2.75) is 24.0 Å². The van der Waals surface area contributed by atoms with E-state index in [0.717, 1.165) is 0 Å². The van der Waals surface area contributed by atoms with Crippen molar-refractivity contribution < 1.29 is 4.79 Å². The van der Waals surface area contributed by atoms with Crippen molar-refractivity contribution >= 4 is 17.7 Å². The van der Waals surface area contributed by atoms with E-state index >= 15 is 0 Å². The number of benzene rings is 1. The van der Waals surface area contributed by atoms with Crippen LogP contribution < -0.4 is 11.3 Å². The molecule has 2 atom stereocenters. The Morgan fingerprint density at radius 2 is 1.93 bits per heavy atom. The molecular formula is C11H16N2OS. The molecule has 15 heavy (non-hydrogen) atoms. The van der Waals surface area contributed by atoms with Crippen molar-refractivity contribution in [3.8, 4) is 0 Å². The van der Waals surface area contributed by atoms with Gasteiger partial charge in [0.25, 0.3) is 0 Å². The molecule has 3 N–H and O–H groups in total. The maximum atomic E-state index is 11.3. The van der Waals surface area contributed by atoms with Gasteiger partial charge < -0.3 is 0 Å². The van der Waals surface area contributed by atoms with Crippen LogP contribution in [0.1, 0.15) is 13.8 Å². The maximum absolute atomic E-state index is 11.3. The Bertz CT molecular complexity index is 316. The molecule has 1 aromatic rings. The lowest BCUT2D eigenvalue weighted by molar-refractivity contribution is -0.124. The molecule has 0 fully saturated rings. The minimum atomic E-state index is -0.120. The van der Waals surface area contributed by atoms with E-state index in [1.54, 1.807) is 11.8 Å². The molecule has 4 heteroatoms. The van der Waals surface area contributed by atoms with E-state index in [2.05, 4.69) is 5.43 Å². The summed E-state index contributed by atoms with van der Waals surface area (Å²) in [6.45, 7) is 3.90. The number of amides is 1. The fourth-order valence-electron chi connectivity index (χ4n) is 1.16. The molecule has 0 spiro atoms. The van der Waals surface area contributed by atoms with Gasteiger partial charge in [-0.1, -0.05) is 32.0 Å². The highest BCUT2D eigenvalue weighted by Gasteiger charge is 2.19. The Morgan fingerprint density at radius 3 is 2.47 bits per heavy atom. The van der Waals surface area contributed by atoms with Crippen LogP contribution in [-0.2, 0) is 4.79 Å². The van der Waals surface area contributed by atoms with Crippen LogP contribution in [0, 0.1) is 5.92 Å². The molecule has 82 valence electrons. The van der Waals surface area contributed by atoms with E-state index in [0.29, 0.717) is 0 Å². The second-order valence-electron chi connectivity index (χ2n) is 3.43. The van der Waals surface area contributed by atoms with E-state index in [-0.39, 0.29) is 17.1 Å². The van der Waals surface area contributed by atoms with Crippen LogP contribution in [0.15, 0.2) is 35.2 Å². The van der Waals surface area contributed by atoms with Crippen LogP contribution in [0.5, 0.6) is 0 Å². The van der Waals surface area contributed by atoms with Gasteiger partial charge in [-0.25, -0.2) is 5.84 Å². The second-order valence-corrected chi connectivity index (χ2v) is 4.88. The molecule has 1 aromatic carbocycles. The number of hydrogen-bond donors (Lipinski definition) is 2. The van der Waals surface area contributed by atoms with Gasteiger partial charge in [0.2, 0.25) is 5.91 Å². The number of nitrogens with one attached hydrogen (secondary N) is 1. The third-order valence-corrected chi connectivity index (χ3v) is 3.65. The summed E-state index contributed by atoms with van der Waals surface area (Å²) >= 11 is 1.68. The molecule has 0 saturated carbocycles. The number of carbonyl (C=O) groups excluding carboxylic acids is 1. The molecule has 2 unspecified atom stereocenters. The smallest absolute Gasteiger partial charge is 0.237 e. The summed E-state index contributed by atoms with van der Waals surface area (Å²) < 4.78 is 0. The zero-order valence-electron chi connectivity index (χ0n) is 8.94. The summed E-state index contributed by atoms with van der Waals surface area (Å²) in [7, 11) is 0. The lowest BCUT2D eigenvalue weighted by Crippen LogP contribution is -2.38. The van der Waals surface area contributed by atoms with Gasteiger partial charge in [0.1, 0.15) is 0 Å². The Kier molecular flexibility index (Phi) is 4.65. The summed E-state index contributed by atoms with van der Waals surface area (Å²) in [5.41, 5.74) is 2.18. The second kappa shape index (κ2) is 5.78. The predicted octanol–water partition coefficient (Wildman–Crippen LogP) is 1.79. The highest BCUT2D eigenvalue weighted by molar-refractivity contribution is 8.00. The summed E-state index contributed by atoms with van der Waals surface area (Å²) in [6, 6.07) is 10.0. The van der Waals surface area contributed by atoms with E-state index in [4.69, 9.17) is 5.84 Å². The van der Waals surface area contributed by atoms with E-state index < -0.39 is 0 Å². The van der Waals surface area contributed by atoms with Crippen LogP contribution >= 0.6 is 11.8 Å². The number of hydrazine groups is 1. The highest BCUT2D eigenvalue weighted by atomic mass is 32.2. The summed E-state index contributed by atoms with van der Waals surface area (Å²) in [6.07, 6.45) is 0. The number of thioether (sulfide) groups is 1. The summed E-state index contributed by atoms with van der Waals surface area (Å²) in [5, 5.41) is 0.205. The van der Waals surface area contributed by atoms with Gasteiger partial charge in [-0.3, -0.25) is 10.2 Å². The average molecular weight is 224 g/mol. The Morgan fingerprint density at radius 1 is 1.33 bits per heavy atom. The number of carbonyl (C=O) groups is 1. The fraction of sp³-hybridized carbons (Fsp3) is 0.364. The van der Waals surface area contributed by atoms with E-state index in [1.165, 1.54) is 4.90 Å². The van der Waals surface area contributed by atoms with Gasteiger partial charge in [-0.05, 0) is 12.1 Å². The molecule has 0 aliphatic carbocycles. The van der Waals surface area contributed by atoms with E-state index in [1.807, 2.05) is 44.2 Å². The van der Waals surface area contributed by atoms with Crippen molar-refractivity contribution in [1.82, 2.24) is 5.43 Å². The summed E-state index contributed by atoms with van der Waals surface area (Å²) in [4.78, 5) is 12.5. The first kappa shape index (κ1) is 12.1. The van der Waals surface area contributed by atoms with Gasteiger partial charge in [0.05, 0.1) is 0 Å². The molecule has 0 radical (unpaired) electrons. The molecule has 3 nitrogen and oxygen atoms in total. The molecule has 0 aliphatic rings. The largest absolute Gasteiger partial charge is 0.294 e. The first-order chi connectivity index (χ1) is 7.15. The molecule has 0 bridgehead atoms. The minimum Gasteiger partial charge on any atom is -0.294 e. The molecule has 0 aliphatic heterocycles.